The summed E-state index contributed by atoms with van der Waals surface area (Å²) in [5.74, 6) is 0. The maximum Gasteiger partial charge on any atom is 3.00 e. The molecule has 2 nitrogen and oxygen atoms in total. The third-order valence-electron chi connectivity index (χ3n) is 0. The molecule has 0 amide bonds. The molecular weight excluding hydrogens is 140 g/mol. The molecule has 0 aliphatic heterocycles. The Bertz CT molecular complexity index is 6.00. The minimum atomic E-state index is 0. The van der Waals surface area contributed by atoms with Gasteiger partial charge in [0.25, 0.3) is 0 Å². The van der Waals surface area contributed by atoms with E-state index in [1.165, 1.54) is 0 Å². The zero-order chi connectivity index (χ0) is 0. The van der Waals surface area contributed by atoms with Crippen LogP contribution in [0, 0.1) is 0 Å². The maximum atomic E-state index is 0. The fourth-order valence-electron chi connectivity index (χ4n) is 0. The molecule has 0 fully saturated rings. The van der Waals surface area contributed by atoms with E-state index in [0.717, 1.165) is 0 Å². The van der Waals surface area contributed by atoms with Crippen LogP contribution in [0.25, 0.3) is 0 Å². The van der Waals surface area contributed by atoms with Crippen LogP contribution >= 0.6 is 0 Å². The molecule has 1 radical (unpaired) electrons. The Hall–Kier alpha value is 0.972. The van der Waals surface area contributed by atoms with Crippen LogP contribution in [-0.4, -0.2) is 5.48 Å². The van der Waals surface area contributed by atoms with Crippen LogP contribution in [0.2, 0.25) is 0 Å². The van der Waals surface area contributed by atoms with Gasteiger partial charge in [-0.1, -0.05) is 0 Å². The second kappa shape index (κ2) is 37.1. The molecule has 0 unspecified atom stereocenters. The minimum absolute atomic E-state index is 0. The molecule has 0 saturated carbocycles. The van der Waals surface area contributed by atoms with Crippen LogP contribution in [0.15, 0.2) is 0 Å². The average molecular weight is 142 g/mol. The zero-order valence-corrected chi connectivity index (χ0v) is 4.05. The summed E-state index contributed by atoms with van der Waals surface area (Å²) < 4.78 is 0. The fourth-order valence-corrected chi connectivity index (χ4v) is 0. The van der Waals surface area contributed by atoms with Gasteiger partial charge in [0.2, 0.25) is 0 Å². The minimum Gasteiger partial charge on any atom is -2.00 e. The van der Waals surface area contributed by atoms with Gasteiger partial charge in [-0.2, -0.15) is 0 Å². The fraction of sp³-hybridized carbons (Fsp3) is 0. The van der Waals surface area contributed by atoms with Crippen LogP contribution in [0.4, 0.5) is 0 Å². The summed E-state index contributed by atoms with van der Waals surface area (Å²) in [6.45, 7) is 0. The van der Waals surface area contributed by atoms with E-state index in [-0.39, 0.29) is 45.4 Å². The number of hydrogen-bond donors (Lipinski definition) is 0. The van der Waals surface area contributed by atoms with Crippen LogP contribution in [0.5, 0.6) is 0 Å². The molecule has 0 spiro atoms. The second-order valence-corrected chi connectivity index (χ2v) is 0. The molecule has 0 saturated heterocycles. The molecule has 0 atom stereocenters. The Kier molecular flexibility index (Phi) is 771. The molecule has 0 aromatic heterocycles. The number of rotatable bonds is 0. The predicted molar refractivity (Wildman–Crippen MR) is 4.30 cm³/mol. The van der Waals surface area contributed by atoms with Gasteiger partial charge in [-0.25, -0.2) is 0 Å². The van der Waals surface area contributed by atoms with Gasteiger partial charge >= 0.3 is 34.4 Å². The first-order valence-electron chi connectivity index (χ1n) is 0. The largest absolute Gasteiger partial charge is 3.00 e. The number of hydrogen-bond acceptors (Lipinski definition) is 0. The van der Waals surface area contributed by atoms with Gasteiger partial charge in [-0.15, -0.1) is 0 Å². The monoisotopic (exact) mass is 142 g/mol. The van der Waals surface area contributed by atoms with Gasteiger partial charge in [-0.3, -0.25) is 0 Å². The average Bonchev–Trinajstić information content (AvgIpc) is 0. The van der Waals surface area contributed by atoms with E-state index in [1.807, 2.05) is 0 Å². The first kappa shape index (κ1) is 83.0. The Morgan fingerprint density at radius 1 is 1.00 bits per heavy atom. The third kappa shape index (κ3) is 12.2. The third-order valence-corrected chi connectivity index (χ3v) is 0. The van der Waals surface area contributed by atoms with Crippen LogP contribution < -0.4 is 0 Å². The van der Waals surface area contributed by atoms with Gasteiger partial charge in [0.15, 0.2) is 0 Å². The van der Waals surface area contributed by atoms with Crippen molar-refractivity contribution < 1.29 is 45.4 Å². The van der Waals surface area contributed by atoms with Crippen molar-refractivity contribution in [3.63, 3.8) is 0 Å². The second-order valence-electron chi connectivity index (χ2n) is 0. The molecule has 0 aliphatic rings. The van der Waals surface area contributed by atoms with E-state index in [9.17, 15) is 0 Å². The molecule has 0 aromatic carbocycles. The van der Waals surface area contributed by atoms with Crippen molar-refractivity contribution in [1.82, 2.24) is 0 Å². The SMILES string of the molecule is O.[Cr+3].[Fe+2].[O-2]. The van der Waals surface area contributed by atoms with Crippen LogP contribution in [0.1, 0.15) is 0 Å². The zero-order valence-electron chi connectivity index (χ0n) is 1.67. The van der Waals surface area contributed by atoms with E-state index < -0.39 is 0 Å². The summed E-state index contributed by atoms with van der Waals surface area (Å²) in [5, 5.41) is 0. The molecular formula is H2CrFeO2+3. The van der Waals surface area contributed by atoms with Gasteiger partial charge < -0.3 is 11.0 Å². The summed E-state index contributed by atoms with van der Waals surface area (Å²) in [5.41, 5.74) is 0. The Balaban J connectivity index is 0. The molecule has 4 heteroatoms. The maximum absolute atomic E-state index is 0. The van der Waals surface area contributed by atoms with Gasteiger partial charge in [0, 0.05) is 0 Å². The van der Waals surface area contributed by atoms with Crippen LogP contribution in [-0.2, 0) is 39.9 Å². The molecule has 0 bridgehead atoms. The van der Waals surface area contributed by atoms with E-state index in [4.69, 9.17) is 0 Å². The molecule has 0 aromatic rings. The molecule has 0 aliphatic carbocycles. The van der Waals surface area contributed by atoms with Crippen molar-refractivity contribution in [3.8, 4) is 0 Å². The van der Waals surface area contributed by atoms with Crippen molar-refractivity contribution >= 4 is 0 Å². The van der Waals surface area contributed by atoms with Crippen LogP contribution in [0.3, 0.4) is 0 Å². The van der Waals surface area contributed by atoms with Gasteiger partial charge in [0.05, 0.1) is 0 Å². The first-order valence-corrected chi connectivity index (χ1v) is 0. The first-order chi connectivity index (χ1) is 0. The Morgan fingerprint density at radius 2 is 1.00 bits per heavy atom. The molecule has 0 rings (SSSR count). The van der Waals surface area contributed by atoms with E-state index >= 15 is 0 Å². The summed E-state index contributed by atoms with van der Waals surface area (Å²) in [6, 6.07) is 0. The van der Waals surface area contributed by atoms with Crippen molar-refractivity contribution in [2.75, 3.05) is 0 Å². The Morgan fingerprint density at radius 3 is 1.00 bits per heavy atom. The smallest absolute Gasteiger partial charge is 2.00 e. The molecule has 25 valence electrons. The van der Waals surface area contributed by atoms with Crippen molar-refractivity contribution in [1.29, 1.82) is 0 Å². The van der Waals surface area contributed by atoms with Crippen molar-refractivity contribution in [3.05, 3.63) is 0 Å². The van der Waals surface area contributed by atoms with Crippen molar-refractivity contribution in [2.45, 2.75) is 0 Å². The predicted octanol–water partition coefficient (Wildman–Crippen LogP) is -0.949. The summed E-state index contributed by atoms with van der Waals surface area (Å²) in [7, 11) is 0. The molecule has 0 heterocycles. The quantitative estimate of drug-likeness (QED) is 0.391. The molecule has 4 heavy (non-hydrogen) atoms. The topological polar surface area (TPSA) is 60.0 Å². The van der Waals surface area contributed by atoms with E-state index in [1.54, 1.807) is 0 Å². The molecule has 2 N–H and O–H groups in total. The summed E-state index contributed by atoms with van der Waals surface area (Å²) >= 11 is 0. The van der Waals surface area contributed by atoms with Gasteiger partial charge in [0.1, 0.15) is 0 Å². The normalized spacial score (nSPS) is 0. The van der Waals surface area contributed by atoms with Gasteiger partial charge in [-0.05, 0) is 0 Å². The summed E-state index contributed by atoms with van der Waals surface area (Å²) in [6.07, 6.45) is 0. The standard InChI is InChI=1S/Cr.Fe.H2O.O/h;;1H2;/q+3;+2;;-2. The van der Waals surface area contributed by atoms with E-state index in [2.05, 4.69) is 0 Å². The van der Waals surface area contributed by atoms with Crippen molar-refractivity contribution in [2.24, 2.45) is 0 Å². The van der Waals surface area contributed by atoms with E-state index in [0.29, 0.717) is 0 Å². The Labute approximate surface area is 45.8 Å². The summed E-state index contributed by atoms with van der Waals surface area (Å²) in [4.78, 5) is 0.